The van der Waals surface area contributed by atoms with Gasteiger partial charge in [-0.15, -0.1) is 0 Å². The molecule has 0 aliphatic carbocycles. The lowest BCUT2D eigenvalue weighted by Gasteiger charge is -1.97. The van der Waals surface area contributed by atoms with Crippen molar-refractivity contribution in [2.45, 2.75) is 24.5 Å². The van der Waals surface area contributed by atoms with Crippen LogP contribution in [-0.4, -0.2) is 19.6 Å². The van der Waals surface area contributed by atoms with Gasteiger partial charge in [0.05, 0.1) is 12.4 Å². The first-order valence-electron chi connectivity index (χ1n) is 3.68. The Balaban J connectivity index is 2.88. The summed E-state index contributed by atoms with van der Waals surface area (Å²) in [5.74, 6) is 0. The monoisotopic (exact) mass is 205 g/mol. The quantitative estimate of drug-likeness (QED) is 0.717. The van der Waals surface area contributed by atoms with E-state index in [1.54, 1.807) is 6.92 Å². The molecule has 0 radical (unpaired) electrons. The van der Waals surface area contributed by atoms with Gasteiger partial charge in [-0.1, -0.05) is 0 Å². The standard InChI is InChI=1S/C7H11NO4S/c1-5(9)2-6-3-7(12-4-6)13(8,10)11/h3-5,9H,2H2,1H3,(H2,8,10,11). The first-order chi connectivity index (χ1) is 5.89. The molecule has 0 amide bonds. The number of primary sulfonamides is 1. The number of sulfonamides is 1. The van der Waals surface area contributed by atoms with E-state index in [9.17, 15) is 8.42 Å². The van der Waals surface area contributed by atoms with Crippen LogP contribution in [-0.2, 0) is 16.4 Å². The summed E-state index contributed by atoms with van der Waals surface area (Å²) in [6.07, 6.45) is 1.08. The number of aliphatic hydroxyl groups excluding tert-OH is 1. The van der Waals surface area contributed by atoms with E-state index >= 15 is 0 Å². The largest absolute Gasteiger partial charge is 0.451 e. The van der Waals surface area contributed by atoms with Crippen molar-refractivity contribution in [3.63, 3.8) is 0 Å². The minimum absolute atomic E-state index is 0.275. The molecule has 0 saturated carbocycles. The molecular formula is C7H11NO4S. The molecule has 0 spiro atoms. The van der Waals surface area contributed by atoms with E-state index in [1.165, 1.54) is 12.3 Å². The fourth-order valence-corrected chi connectivity index (χ4v) is 1.45. The van der Waals surface area contributed by atoms with Crippen LogP contribution in [0.25, 0.3) is 0 Å². The van der Waals surface area contributed by atoms with Crippen LogP contribution in [0.3, 0.4) is 0 Å². The second kappa shape index (κ2) is 3.49. The average Bonchev–Trinajstić information content (AvgIpc) is 2.32. The molecule has 0 aromatic carbocycles. The van der Waals surface area contributed by atoms with E-state index in [0.29, 0.717) is 12.0 Å². The molecule has 6 heteroatoms. The summed E-state index contributed by atoms with van der Waals surface area (Å²) in [5, 5.41) is 13.5. The minimum atomic E-state index is -3.77. The Hall–Kier alpha value is -0.850. The number of hydrogen-bond acceptors (Lipinski definition) is 4. The third kappa shape index (κ3) is 2.83. The summed E-state index contributed by atoms with van der Waals surface area (Å²) in [6.45, 7) is 1.60. The molecule has 1 heterocycles. The highest BCUT2D eigenvalue weighted by molar-refractivity contribution is 7.89. The molecule has 3 N–H and O–H groups in total. The van der Waals surface area contributed by atoms with Gasteiger partial charge >= 0.3 is 0 Å². The topological polar surface area (TPSA) is 93.5 Å². The normalized spacial score (nSPS) is 14.4. The molecule has 1 rings (SSSR count). The molecule has 13 heavy (non-hydrogen) atoms. The molecule has 74 valence electrons. The molecule has 1 atom stereocenters. The first-order valence-corrected chi connectivity index (χ1v) is 5.22. The van der Waals surface area contributed by atoms with E-state index in [-0.39, 0.29) is 5.09 Å². The van der Waals surface area contributed by atoms with Crippen LogP contribution in [0.5, 0.6) is 0 Å². The van der Waals surface area contributed by atoms with Crippen LogP contribution < -0.4 is 5.14 Å². The summed E-state index contributed by atoms with van der Waals surface area (Å²) in [6, 6.07) is 1.31. The van der Waals surface area contributed by atoms with Gasteiger partial charge in [0.15, 0.2) is 0 Å². The van der Waals surface area contributed by atoms with E-state index in [2.05, 4.69) is 0 Å². The summed E-state index contributed by atoms with van der Waals surface area (Å²) < 4.78 is 26.2. The second-order valence-corrected chi connectivity index (χ2v) is 4.36. The smallest absolute Gasteiger partial charge is 0.271 e. The van der Waals surface area contributed by atoms with Gasteiger partial charge in [-0.3, -0.25) is 0 Å². The van der Waals surface area contributed by atoms with Crippen molar-refractivity contribution in [2.24, 2.45) is 5.14 Å². The highest BCUT2D eigenvalue weighted by Crippen LogP contribution is 2.13. The Morgan fingerprint density at radius 2 is 2.31 bits per heavy atom. The number of nitrogens with two attached hydrogens (primary N) is 1. The predicted molar refractivity (Wildman–Crippen MR) is 45.5 cm³/mol. The van der Waals surface area contributed by atoms with Crippen molar-refractivity contribution in [1.29, 1.82) is 0 Å². The van der Waals surface area contributed by atoms with Crippen LogP contribution in [0.15, 0.2) is 21.8 Å². The molecule has 0 aliphatic heterocycles. The molecule has 5 nitrogen and oxygen atoms in total. The van der Waals surface area contributed by atoms with Gasteiger partial charge in [0.1, 0.15) is 0 Å². The van der Waals surface area contributed by atoms with Gasteiger partial charge in [-0.05, 0) is 12.5 Å². The maximum absolute atomic E-state index is 10.8. The highest BCUT2D eigenvalue weighted by atomic mass is 32.2. The zero-order valence-corrected chi connectivity index (χ0v) is 7.91. The Morgan fingerprint density at radius 1 is 1.69 bits per heavy atom. The Morgan fingerprint density at radius 3 is 2.69 bits per heavy atom. The summed E-state index contributed by atoms with van der Waals surface area (Å²) in [7, 11) is -3.77. The average molecular weight is 205 g/mol. The van der Waals surface area contributed by atoms with Gasteiger partial charge < -0.3 is 9.52 Å². The SMILES string of the molecule is CC(O)Cc1coc(S(N)(=O)=O)c1. The lowest BCUT2D eigenvalue weighted by atomic mass is 10.2. The van der Waals surface area contributed by atoms with Crippen LogP contribution in [0.4, 0.5) is 0 Å². The molecule has 1 unspecified atom stereocenters. The number of furan rings is 1. The Labute approximate surface area is 76.2 Å². The predicted octanol–water partition coefficient (Wildman–Crippen LogP) is -0.150. The van der Waals surface area contributed by atoms with Gasteiger partial charge in [-0.2, -0.15) is 0 Å². The molecule has 1 aromatic rings. The van der Waals surface area contributed by atoms with Crippen molar-refractivity contribution in [2.75, 3.05) is 0 Å². The molecule has 0 aliphatic rings. The number of hydrogen-bond donors (Lipinski definition) is 2. The fourth-order valence-electron chi connectivity index (χ4n) is 0.951. The van der Waals surface area contributed by atoms with Crippen molar-refractivity contribution < 1.29 is 17.9 Å². The molecule has 0 saturated heterocycles. The van der Waals surface area contributed by atoms with E-state index < -0.39 is 16.1 Å². The minimum Gasteiger partial charge on any atom is -0.451 e. The van der Waals surface area contributed by atoms with E-state index in [1.807, 2.05) is 0 Å². The summed E-state index contributed by atoms with van der Waals surface area (Å²) in [5.41, 5.74) is 0.610. The van der Waals surface area contributed by atoms with Crippen molar-refractivity contribution in [1.82, 2.24) is 0 Å². The van der Waals surface area contributed by atoms with Gasteiger partial charge in [0.25, 0.3) is 10.0 Å². The molecule has 0 fully saturated rings. The molecular weight excluding hydrogens is 194 g/mol. The maximum Gasteiger partial charge on any atom is 0.271 e. The fraction of sp³-hybridized carbons (Fsp3) is 0.429. The van der Waals surface area contributed by atoms with Crippen LogP contribution >= 0.6 is 0 Å². The van der Waals surface area contributed by atoms with Crippen LogP contribution in [0, 0.1) is 0 Å². The van der Waals surface area contributed by atoms with Crippen molar-refractivity contribution in [3.05, 3.63) is 17.9 Å². The van der Waals surface area contributed by atoms with Gasteiger partial charge in [-0.25, -0.2) is 13.6 Å². The Bertz CT molecular complexity index is 379. The second-order valence-electron chi connectivity index (χ2n) is 2.87. The van der Waals surface area contributed by atoms with Crippen molar-refractivity contribution >= 4 is 10.0 Å². The molecule has 0 bridgehead atoms. The van der Waals surface area contributed by atoms with Crippen LogP contribution in [0.1, 0.15) is 12.5 Å². The summed E-state index contributed by atoms with van der Waals surface area (Å²) >= 11 is 0. The lowest BCUT2D eigenvalue weighted by Crippen LogP contribution is -2.11. The third-order valence-corrected chi connectivity index (χ3v) is 2.22. The zero-order valence-electron chi connectivity index (χ0n) is 7.10. The lowest BCUT2D eigenvalue weighted by molar-refractivity contribution is 0.195. The third-order valence-electron chi connectivity index (χ3n) is 1.44. The summed E-state index contributed by atoms with van der Waals surface area (Å²) in [4.78, 5) is 0. The van der Waals surface area contributed by atoms with E-state index in [4.69, 9.17) is 14.7 Å². The maximum atomic E-state index is 10.8. The van der Waals surface area contributed by atoms with Crippen molar-refractivity contribution in [3.8, 4) is 0 Å². The highest BCUT2D eigenvalue weighted by Gasteiger charge is 2.13. The first kappa shape index (κ1) is 10.2. The number of aliphatic hydroxyl groups is 1. The zero-order chi connectivity index (χ0) is 10.1. The van der Waals surface area contributed by atoms with Crippen LogP contribution in [0.2, 0.25) is 0 Å². The Kier molecular flexibility index (Phi) is 2.74. The van der Waals surface area contributed by atoms with Gasteiger partial charge in [0.2, 0.25) is 5.09 Å². The number of rotatable bonds is 3. The van der Waals surface area contributed by atoms with E-state index in [0.717, 1.165) is 0 Å². The molecule has 1 aromatic heterocycles. The van der Waals surface area contributed by atoms with Gasteiger partial charge in [0, 0.05) is 12.5 Å².